The zero-order valence-electron chi connectivity index (χ0n) is 22.3. The third-order valence-corrected chi connectivity index (χ3v) is 9.85. The molecule has 5 N–H and O–H groups in total. The highest BCUT2D eigenvalue weighted by atomic mass is 16.2. The third-order valence-electron chi connectivity index (χ3n) is 9.85. The zero-order chi connectivity index (χ0) is 27.2. The second-order valence-corrected chi connectivity index (χ2v) is 12.2. The Hall–Kier alpha value is -4.17. The van der Waals surface area contributed by atoms with Crippen LogP contribution in [0.3, 0.4) is 0 Å². The number of ketones is 2. The Balaban J connectivity index is 0.975. The van der Waals surface area contributed by atoms with E-state index in [1.807, 2.05) is 54.6 Å². The number of fused-ring (bicyclic) bond motifs is 4. The van der Waals surface area contributed by atoms with Crippen molar-refractivity contribution in [3.63, 3.8) is 0 Å². The van der Waals surface area contributed by atoms with Gasteiger partial charge in [-0.25, -0.2) is 0 Å². The summed E-state index contributed by atoms with van der Waals surface area (Å²) < 4.78 is 0. The maximum absolute atomic E-state index is 13.6. The molecule has 2 fully saturated rings. The summed E-state index contributed by atoms with van der Waals surface area (Å²) in [5, 5.41) is 11.9. The minimum atomic E-state index is -0.210. The van der Waals surface area contributed by atoms with Gasteiger partial charge in [-0.05, 0) is 72.6 Å². The number of carbonyl (C=O) groups excluding carboxylic acids is 3. The van der Waals surface area contributed by atoms with Gasteiger partial charge in [0.05, 0.1) is 11.4 Å². The van der Waals surface area contributed by atoms with Crippen LogP contribution in [0.4, 0.5) is 5.69 Å². The number of hydrogen-bond donors (Lipinski definition) is 5. The van der Waals surface area contributed by atoms with Gasteiger partial charge in [0.2, 0.25) is 0 Å². The van der Waals surface area contributed by atoms with E-state index in [9.17, 15) is 14.4 Å². The normalized spacial score (nSPS) is 29.0. The van der Waals surface area contributed by atoms with E-state index < -0.39 is 0 Å². The maximum atomic E-state index is 13.6. The number of anilines is 1. The maximum Gasteiger partial charge on any atom is 0.272 e. The lowest BCUT2D eigenvalue weighted by molar-refractivity contribution is -0.117. The number of aromatic nitrogens is 2. The molecule has 2 aliphatic heterocycles. The summed E-state index contributed by atoms with van der Waals surface area (Å²) in [4.78, 5) is 45.5. The molecule has 2 unspecified atom stereocenters. The van der Waals surface area contributed by atoms with Crippen LogP contribution in [0.1, 0.15) is 53.6 Å². The van der Waals surface area contributed by atoms with Crippen LogP contribution in [0.2, 0.25) is 0 Å². The van der Waals surface area contributed by atoms with Crippen LogP contribution in [0.15, 0.2) is 65.9 Å². The van der Waals surface area contributed by atoms with Crippen molar-refractivity contribution in [2.45, 2.75) is 44.7 Å². The van der Waals surface area contributed by atoms with Crippen molar-refractivity contribution >= 4 is 45.0 Å². The van der Waals surface area contributed by atoms with Gasteiger partial charge in [0, 0.05) is 58.5 Å². The molecule has 8 rings (SSSR count). The van der Waals surface area contributed by atoms with Crippen molar-refractivity contribution in [2.24, 2.45) is 17.3 Å². The van der Waals surface area contributed by atoms with Crippen molar-refractivity contribution in [3.8, 4) is 0 Å². The minimum absolute atomic E-state index is 0.0507. The zero-order valence-corrected chi connectivity index (χ0v) is 22.3. The molecule has 8 nitrogen and oxygen atoms in total. The number of aromatic amines is 2. The fourth-order valence-electron chi connectivity index (χ4n) is 7.50. The van der Waals surface area contributed by atoms with E-state index >= 15 is 0 Å². The number of benzene rings is 2. The molecule has 2 aromatic heterocycles. The number of hydrogen-bond acceptors (Lipinski definition) is 5. The van der Waals surface area contributed by atoms with E-state index in [2.05, 4.69) is 32.8 Å². The molecule has 8 heteroatoms. The number of Topliss-reactive ketones (excluding diaryl/α,β-unsaturated/α-hetero) is 2. The van der Waals surface area contributed by atoms with Gasteiger partial charge in [0.1, 0.15) is 5.69 Å². The number of carbonyl (C=O) groups is 3. The fraction of sp³-hybridized carbons (Fsp3) is 0.344. The number of rotatable bonds is 5. The van der Waals surface area contributed by atoms with Crippen molar-refractivity contribution in [2.75, 3.05) is 11.9 Å². The molecule has 2 aliphatic carbocycles. The fourth-order valence-corrected chi connectivity index (χ4v) is 7.50. The van der Waals surface area contributed by atoms with E-state index in [1.165, 1.54) is 5.57 Å². The lowest BCUT2D eigenvalue weighted by Crippen LogP contribution is -2.40. The molecule has 4 aliphatic rings. The molecule has 0 bridgehead atoms. The first kappa shape index (κ1) is 23.7. The van der Waals surface area contributed by atoms with Crippen LogP contribution in [-0.4, -0.2) is 46.1 Å². The molecule has 4 heterocycles. The topological polar surface area (TPSA) is 119 Å². The molecule has 4 aromatic rings. The molecule has 0 radical (unpaired) electrons. The van der Waals surface area contributed by atoms with Crippen molar-refractivity contribution in [1.82, 2.24) is 20.6 Å². The van der Waals surface area contributed by atoms with Gasteiger partial charge in [-0.1, -0.05) is 25.1 Å². The van der Waals surface area contributed by atoms with Crippen LogP contribution in [0.5, 0.6) is 0 Å². The first-order chi connectivity index (χ1) is 19.4. The average Bonchev–Trinajstić information content (AvgIpc) is 3.52. The lowest BCUT2D eigenvalue weighted by atomic mass is 9.79. The Morgan fingerprint density at radius 1 is 0.975 bits per heavy atom. The van der Waals surface area contributed by atoms with Crippen molar-refractivity contribution in [1.29, 1.82) is 0 Å². The summed E-state index contributed by atoms with van der Waals surface area (Å²) >= 11 is 0. The quantitative estimate of drug-likeness (QED) is 0.239. The van der Waals surface area contributed by atoms with Gasteiger partial charge < -0.3 is 25.9 Å². The molecule has 0 spiro atoms. The van der Waals surface area contributed by atoms with Crippen LogP contribution < -0.4 is 16.0 Å². The van der Waals surface area contributed by atoms with Crippen molar-refractivity contribution in [3.05, 3.63) is 77.3 Å². The molecule has 202 valence electrons. The highest BCUT2D eigenvalue weighted by Gasteiger charge is 2.62. The van der Waals surface area contributed by atoms with E-state index in [-0.39, 0.29) is 40.9 Å². The number of allylic oxidation sites excluding steroid dienone is 1. The predicted molar refractivity (Wildman–Crippen MR) is 153 cm³/mol. The highest BCUT2D eigenvalue weighted by Crippen LogP contribution is 2.59. The second kappa shape index (κ2) is 8.41. The van der Waals surface area contributed by atoms with Crippen LogP contribution in [0, 0.1) is 17.3 Å². The second-order valence-electron chi connectivity index (χ2n) is 12.2. The molecule has 1 saturated carbocycles. The monoisotopic (exact) mass is 533 g/mol. The standard InChI is InChI=1S/C32H31N5O3/c1-32(28-13-20-19-8-9-33-29(19)27(38)14-24(20)37-28)15-21(32)30(39)25-12-17-10-18(6-7-23(17)35-25)34-31(40)26-11-16-4-2-3-5-22(16)36-26/h2-7,10-12,20-21,24,28,33,35-37H,8-9,13-15H2,1H3,(H,34,40)/t20-,21?,24-,28-,32?/m1/s1. The van der Waals surface area contributed by atoms with Crippen LogP contribution in [-0.2, 0) is 4.79 Å². The first-order valence-electron chi connectivity index (χ1n) is 14.2. The number of amides is 1. The summed E-state index contributed by atoms with van der Waals surface area (Å²) in [6.45, 7) is 3.08. The summed E-state index contributed by atoms with van der Waals surface area (Å²) in [6.07, 6.45) is 3.34. The predicted octanol–water partition coefficient (Wildman–Crippen LogP) is 4.68. The Labute approximate surface area is 231 Å². The van der Waals surface area contributed by atoms with E-state index in [0.29, 0.717) is 29.4 Å². The lowest BCUT2D eigenvalue weighted by Gasteiger charge is -2.26. The smallest absolute Gasteiger partial charge is 0.272 e. The van der Waals surface area contributed by atoms with Gasteiger partial charge in [0.15, 0.2) is 11.6 Å². The largest absolute Gasteiger partial charge is 0.382 e. The van der Waals surface area contributed by atoms with Gasteiger partial charge in [0.25, 0.3) is 5.91 Å². The molecular formula is C32H31N5O3. The summed E-state index contributed by atoms with van der Waals surface area (Å²) in [6, 6.07) is 17.6. The van der Waals surface area contributed by atoms with E-state index in [1.54, 1.807) is 0 Å². The van der Waals surface area contributed by atoms with Gasteiger partial charge in [-0.2, -0.15) is 0 Å². The summed E-state index contributed by atoms with van der Waals surface area (Å²) in [7, 11) is 0. The molecule has 1 amide bonds. The molecule has 1 saturated heterocycles. The summed E-state index contributed by atoms with van der Waals surface area (Å²) in [5.41, 5.74) is 5.62. The molecule has 40 heavy (non-hydrogen) atoms. The Morgan fingerprint density at radius 3 is 2.65 bits per heavy atom. The Morgan fingerprint density at radius 2 is 1.77 bits per heavy atom. The molecule has 5 atom stereocenters. The van der Waals surface area contributed by atoms with Gasteiger partial charge in [-0.3, -0.25) is 14.4 Å². The van der Waals surface area contributed by atoms with Gasteiger partial charge in [-0.15, -0.1) is 0 Å². The van der Waals surface area contributed by atoms with Crippen LogP contribution >= 0.6 is 0 Å². The van der Waals surface area contributed by atoms with Crippen LogP contribution in [0.25, 0.3) is 21.8 Å². The first-order valence-corrected chi connectivity index (χ1v) is 14.2. The van der Waals surface area contributed by atoms with E-state index in [0.717, 1.165) is 53.3 Å². The van der Waals surface area contributed by atoms with Crippen molar-refractivity contribution < 1.29 is 14.4 Å². The number of H-pyrrole nitrogens is 2. The number of nitrogens with one attached hydrogen (secondary N) is 5. The summed E-state index contributed by atoms with van der Waals surface area (Å²) in [5.74, 6) is 0.499. The molecule has 2 aromatic carbocycles. The SMILES string of the molecule is CC1([C@H]2C[C@@H]3C4=C(NCC4)C(=O)C[C@H]3N2)CC1C(=O)c1cc2cc(NC(=O)c3cc4ccccc4[nH]3)ccc2[nH]1. The minimum Gasteiger partial charge on any atom is -0.382 e. The molecular weight excluding hydrogens is 502 g/mol. The van der Waals surface area contributed by atoms with E-state index in [4.69, 9.17) is 0 Å². The van der Waals surface area contributed by atoms with Gasteiger partial charge >= 0.3 is 0 Å². The highest BCUT2D eigenvalue weighted by molar-refractivity contribution is 6.07. The third kappa shape index (κ3) is 3.59. The Bertz CT molecular complexity index is 1750. The average molecular weight is 534 g/mol. The number of para-hydroxylation sites is 1. The Kier molecular flexibility index (Phi) is 4.98.